The van der Waals surface area contributed by atoms with E-state index in [1.165, 1.54) is 33.4 Å². The van der Waals surface area contributed by atoms with Gasteiger partial charge >= 0.3 is 0 Å². The molecule has 64 heavy (non-hydrogen) atoms. The van der Waals surface area contributed by atoms with E-state index in [0.717, 1.165) is 66.4 Å². The van der Waals surface area contributed by atoms with E-state index >= 15 is 0 Å². The first kappa shape index (κ1) is 37.3. The highest BCUT2D eigenvalue weighted by Gasteiger charge is 2.22. The Hall–Kier alpha value is -7.30. The van der Waals surface area contributed by atoms with Gasteiger partial charge in [0.1, 0.15) is 22.3 Å². The predicted molar refractivity (Wildman–Crippen MR) is 273 cm³/mol. The molecule has 0 atom stereocenters. The lowest BCUT2D eigenvalue weighted by Crippen LogP contribution is -2.13. The Morgan fingerprint density at radius 1 is 0.375 bits per heavy atom. The number of rotatable bonds is 8. The standard InChI is InChI=1S/C60H52N2O2/c1-35(2)41-19-17-39(7)55(29-41)61(53-15-11-9-13-37(53)5)47-23-21-43-27-49-51-33-60-52(34-59(51)63-57(49)31-45(43)25-47)50-28-44-22-24-48(26-46(44)32-58(50)64-60)62(54-16-12-10-14-38(54)6)56-30-42(36(3)4)20-18-40(56)8/h9-36H,1-8H3/i33D,34D. The number of fused-ring (bicyclic) bond motifs is 8. The van der Waals surface area contributed by atoms with Crippen molar-refractivity contribution in [3.63, 3.8) is 0 Å². The number of benzene rings is 9. The summed E-state index contributed by atoms with van der Waals surface area (Å²) in [5, 5.41) is 6.85. The summed E-state index contributed by atoms with van der Waals surface area (Å²) in [6, 6.07) is 52.5. The summed E-state index contributed by atoms with van der Waals surface area (Å²) in [6.07, 6.45) is 0. The zero-order valence-electron chi connectivity index (χ0n) is 39.7. The highest BCUT2D eigenvalue weighted by molar-refractivity contribution is 6.18. The molecule has 0 aliphatic heterocycles. The van der Waals surface area contributed by atoms with Crippen LogP contribution in [0.2, 0.25) is 0 Å². The van der Waals surface area contributed by atoms with Crippen LogP contribution >= 0.6 is 0 Å². The Bertz CT molecular complexity index is 3520. The van der Waals surface area contributed by atoms with Crippen molar-refractivity contribution in [2.75, 3.05) is 9.80 Å². The summed E-state index contributed by atoms with van der Waals surface area (Å²) in [5.74, 6) is 0.781. The molecule has 0 aliphatic rings. The number of furan rings is 2. The van der Waals surface area contributed by atoms with Crippen molar-refractivity contribution in [2.45, 2.75) is 67.2 Å². The Morgan fingerprint density at radius 3 is 1.19 bits per heavy atom. The molecule has 0 amide bonds. The van der Waals surface area contributed by atoms with Gasteiger partial charge in [-0.2, -0.15) is 0 Å². The van der Waals surface area contributed by atoms with Gasteiger partial charge in [0.2, 0.25) is 0 Å². The number of nitrogens with zero attached hydrogens (tertiary/aromatic N) is 2. The van der Waals surface area contributed by atoms with Crippen molar-refractivity contribution >= 4 is 99.5 Å². The second-order valence-electron chi connectivity index (χ2n) is 18.3. The second kappa shape index (κ2) is 15.2. The summed E-state index contributed by atoms with van der Waals surface area (Å²) in [5.41, 5.74) is 16.0. The lowest BCUT2D eigenvalue weighted by molar-refractivity contribution is 0.664. The van der Waals surface area contributed by atoms with E-state index in [1.54, 1.807) is 0 Å². The van der Waals surface area contributed by atoms with Gasteiger partial charge < -0.3 is 18.6 Å². The molecule has 0 spiro atoms. The first-order valence-electron chi connectivity index (χ1n) is 23.5. The minimum atomic E-state index is 0.226. The van der Waals surface area contributed by atoms with Crippen molar-refractivity contribution in [1.29, 1.82) is 0 Å². The van der Waals surface area contributed by atoms with Gasteiger partial charge in [-0.3, -0.25) is 0 Å². The first-order valence-corrected chi connectivity index (χ1v) is 22.5. The molecule has 2 aromatic heterocycles. The average molecular weight is 835 g/mol. The quantitative estimate of drug-likeness (QED) is 0.153. The summed E-state index contributed by atoms with van der Waals surface area (Å²) in [4.78, 5) is 4.72. The molecule has 0 saturated carbocycles. The predicted octanol–water partition coefficient (Wildman–Crippen LogP) is 18.2. The molecule has 0 fully saturated rings. The number of hydrogen-bond acceptors (Lipinski definition) is 4. The number of para-hydroxylation sites is 2. The van der Waals surface area contributed by atoms with E-state index < -0.39 is 0 Å². The third-order valence-electron chi connectivity index (χ3n) is 13.2. The van der Waals surface area contributed by atoms with Crippen molar-refractivity contribution in [2.24, 2.45) is 0 Å². The van der Waals surface area contributed by atoms with Crippen LogP contribution < -0.4 is 9.80 Å². The first-order chi connectivity index (χ1) is 31.8. The average Bonchev–Trinajstić information content (AvgIpc) is 3.88. The molecule has 0 N–H and O–H groups in total. The SMILES string of the molecule is [2H]c1c2oc3cc4cc(N(c5ccccc5C)c5cc(C(C)C)ccc5C)ccc4cc3c2c([2H])c2oc3cc4cc(N(c5ccccc5C)c5cc(C(C)C)ccc5C)ccc4cc3c12. The fourth-order valence-electron chi connectivity index (χ4n) is 9.48. The fourth-order valence-corrected chi connectivity index (χ4v) is 9.48. The van der Waals surface area contributed by atoms with E-state index in [4.69, 9.17) is 8.83 Å². The summed E-state index contributed by atoms with van der Waals surface area (Å²) >= 11 is 0. The van der Waals surface area contributed by atoms with Gasteiger partial charge in [-0.15, -0.1) is 0 Å². The molecule has 0 unspecified atom stereocenters. The molecule has 0 saturated heterocycles. The third-order valence-corrected chi connectivity index (χ3v) is 13.2. The lowest BCUT2D eigenvalue weighted by Gasteiger charge is -2.29. The molecule has 11 rings (SSSR count). The van der Waals surface area contributed by atoms with Crippen molar-refractivity contribution in [3.05, 3.63) is 191 Å². The Labute approximate surface area is 377 Å². The maximum atomic E-state index is 9.64. The highest BCUT2D eigenvalue weighted by atomic mass is 16.3. The highest BCUT2D eigenvalue weighted by Crippen LogP contribution is 2.45. The zero-order valence-corrected chi connectivity index (χ0v) is 37.7. The maximum absolute atomic E-state index is 9.64. The van der Waals surface area contributed by atoms with Gasteiger partial charge in [-0.1, -0.05) is 100 Å². The minimum absolute atomic E-state index is 0.226. The van der Waals surface area contributed by atoms with Crippen LogP contribution in [-0.4, -0.2) is 0 Å². The molecule has 0 bridgehead atoms. The zero-order chi connectivity index (χ0) is 45.7. The molecule has 0 aliphatic carbocycles. The number of anilines is 6. The summed E-state index contributed by atoms with van der Waals surface area (Å²) in [6.45, 7) is 17.6. The molecule has 11 aromatic rings. The Balaban J connectivity index is 1.05. The lowest BCUT2D eigenvalue weighted by atomic mass is 9.98. The van der Waals surface area contributed by atoms with E-state index in [2.05, 4.69) is 211 Å². The Morgan fingerprint density at radius 2 is 0.781 bits per heavy atom. The van der Waals surface area contributed by atoms with Crippen LogP contribution in [0.4, 0.5) is 34.1 Å². The summed E-state index contributed by atoms with van der Waals surface area (Å²) < 4.78 is 32.5. The van der Waals surface area contributed by atoms with Crippen molar-refractivity contribution < 1.29 is 11.6 Å². The third kappa shape index (κ3) is 6.59. The van der Waals surface area contributed by atoms with Gasteiger partial charge in [0.25, 0.3) is 0 Å². The normalized spacial score (nSPS) is 12.5. The summed E-state index contributed by atoms with van der Waals surface area (Å²) in [7, 11) is 0. The van der Waals surface area contributed by atoms with Crippen molar-refractivity contribution in [3.8, 4) is 0 Å². The van der Waals surface area contributed by atoms with Gasteiger partial charge in [0, 0.05) is 55.7 Å². The maximum Gasteiger partial charge on any atom is 0.136 e. The van der Waals surface area contributed by atoms with Gasteiger partial charge in [-0.25, -0.2) is 0 Å². The van der Waals surface area contributed by atoms with Gasteiger partial charge in [-0.05, 0) is 179 Å². The number of aryl methyl sites for hydroxylation is 4. The number of hydrogen-bond donors (Lipinski definition) is 0. The largest absolute Gasteiger partial charge is 0.456 e. The monoisotopic (exact) mass is 834 g/mol. The van der Waals surface area contributed by atoms with Gasteiger partial charge in [0.15, 0.2) is 0 Å². The van der Waals surface area contributed by atoms with Crippen LogP contribution in [0.3, 0.4) is 0 Å². The van der Waals surface area contributed by atoms with Crippen molar-refractivity contribution in [1.82, 2.24) is 0 Å². The smallest absolute Gasteiger partial charge is 0.136 e. The van der Waals surface area contributed by atoms with Crippen LogP contribution in [0.25, 0.3) is 65.4 Å². The van der Waals surface area contributed by atoms with Gasteiger partial charge in [0.05, 0.1) is 2.74 Å². The van der Waals surface area contributed by atoms with E-state index in [1.807, 2.05) is 0 Å². The minimum Gasteiger partial charge on any atom is -0.456 e. The Kier molecular flexibility index (Phi) is 8.85. The van der Waals surface area contributed by atoms with E-state index in [-0.39, 0.29) is 12.1 Å². The molecule has 0 radical (unpaired) electrons. The van der Waals surface area contributed by atoms with E-state index in [0.29, 0.717) is 44.9 Å². The van der Waals surface area contributed by atoms with Crippen LogP contribution in [0, 0.1) is 27.7 Å². The molecular weight excluding hydrogens is 781 g/mol. The molecule has 2 heterocycles. The topological polar surface area (TPSA) is 32.8 Å². The van der Waals surface area contributed by atoms with E-state index in [9.17, 15) is 2.74 Å². The van der Waals surface area contributed by atoms with Crippen LogP contribution in [0.1, 0.15) is 75.7 Å². The molecule has 4 nitrogen and oxygen atoms in total. The molecule has 314 valence electrons. The molecule has 9 aromatic carbocycles. The fraction of sp³-hybridized carbons (Fsp3) is 0.167. The molecule has 4 heteroatoms. The van der Waals surface area contributed by atoms with Crippen LogP contribution in [0.5, 0.6) is 0 Å². The molecular formula is C60H52N2O2. The second-order valence-corrected chi connectivity index (χ2v) is 18.3. The van der Waals surface area contributed by atoms with Crippen LogP contribution in [-0.2, 0) is 0 Å². The van der Waals surface area contributed by atoms with Crippen LogP contribution in [0.15, 0.2) is 167 Å².